The van der Waals surface area contributed by atoms with Crippen LogP contribution in [-0.2, 0) is 38.4 Å². The standard InChI is InChI=1S/C75H99N13O8/c76-46-24-19-41-57-68(89)82-59(43-21-26-48-78)70(91)84-61(45-23-28-50-80)72(93)86-66(63(53-33-11-3-12-34-53)54-35-13-4-14-36-54)74(95)88-67(64(55-37-15-5-16-38-55)56-39-17-6-18-40-56)75(96)87-65(62(51-29-7-1-8-30-51)52-31-9-2-10-32-52)73(94)85-60(44-22-27-49-79)71(92)83-58(69(90)81-57)42-20-25-47-77/h1-18,29-40,57-67H,19-28,41-50,76-80H2,(H,81,90)(H,82,89)(H,83,92)(H,84,91)(H,85,94)(H,86,93)(H,87,96)(H,88,95)/t57-,58-,59-,60-,61-,65-,66-,67-/m0/s1. The molecule has 0 aromatic heterocycles. The van der Waals surface area contributed by atoms with Crippen molar-refractivity contribution in [1.29, 1.82) is 0 Å². The van der Waals surface area contributed by atoms with Crippen LogP contribution in [0.5, 0.6) is 0 Å². The monoisotopic (exact) mass is 1310 g/mol. The lowest BCUT2D eigenvalue weighted by atomic mass is 9.81. The third-order valence-corrected chi connectivity index (χ3v) is 17.6. The maximum Gasteiger partial charge on any atom is 0.244 e. The van der Waals surface area contributed by atoms with Crippen molar-refractivity contribution < 1.29 is 38.4 Å². The Morgan fingerprint density at radius 1 is 0.219 bits per heavy atom. The van der Waals surface area contributed by atoms with Crippen molar-refractivity contribution in [2.75, 3.05) is 32.7 Å². The Kier molecular flexibility index (Phi) is 31.2. The fourth-order valence-electron chi connectivity index (χ4n) is 12.5. The first-order valence-corrected chi connectivity index (χ1v) is 34.0. The molecule has 8 atom stereocenters. The molecule has 0 unspecified atom stereocenters. The van der Waals surface area contributed by atoms with Crippen LogP contribution in [0.2, 0.25) is 0 Å². The summed E-state index contributed by atoms with van der Waals surface area (Å²) in [5.41, 5.74) is 33.7. The molecule has 0 saturated carbocycles. The first-order valence-electron chi connectivity index (χ1n) is 34.0. The summed E-state index contributed by atoms with van der Waals surface area (Å²) in [7, 11) is 0. The van der Waals surface area contributed by atoms with Gasteiger partial charge in [-0.25, -0.2) is 0 Å². The van der Waals surface area contributed by atoms with Crippen LogP contribution in [0.3, 0.4) is 0 Å². The van der Waals surface area contributed by atoms with Crippen molar-refractivity contribution in [3.8, 4) is 0 Å². The molecule has 8 amide bonds. The normalized spacial score (nSPS) is 20.6. The van der Waals surface area contributed by atoms with Crippen LogP contribution in [0.15, 0.2) is 182 Å². The maximum absolute atomic E-state index is 16.6. The quantitative estimate of drug-likeness (QED) is 0.0275. The van der Waals surface area contributed by atoms with E-state index in [1.165, 1.54) is 0 Å². The van der Waals surface area contributed by atoms with Gasteiger partial charge in [0.2, 0.25) is 47.3 Å². The van der Waals surface area contributed by atoms with E-state index in [0.717, 1.165) is 0 Å². The number of nitrogens with one attached hydrogen (secondary N) is 8. The third kappa shape index (κ3) is 22.2. The second kappa shape index (κ2) is 40.3. The smallest absolute Gasteiger partial charge is 0.244 e. The van der Waals surface area contributed by atoms with Gasteiger partial charge >= 0.3 is 0 Å². The molecular weight excluding hydrogens is 1210 g/mol. The average molecular weight is 1310 g/mol. The predicted octanol–water partition coefficient (Wildman–Crippen LogP) is 5.02. The fourth-order valence-corrected chi connectivity index (χ4v) is 12.5. The summed E-state index contributed by atoms with van der Waals surface area (Å²) in [5, 5.41) is 24.2. The Balaban J connectivity index is 1.49. The molecule has 0 radical (unpaired) electrons. The van der Waals surface area contributed by atoms with Crippen LogP contribution >= 0.6 is 0 Å². The average Bonchev–Trinajstić information content (AvgIpc) is 0.823. The van der Waals surface area contributed by atoms with E-state index in [4.69, 9.17) is 28.7 Å². The highest BCUT2D eigenvalue weighted by molar-refractivity contribution is 6.00. The molecule has 1 aliphatic heterocycles. The molecule has 1 fully saturated rings. The Morgan fingerprint density at radius 3 is 0.562 bits per heavy atom. The van der Waals surface area contributed by atoms with E-state index >= 15 is 28.8 Å². The lowest BCUT2D eigenvalue weighted by molar-refractivity contribution is -0.137. The summed E-state index contributed by atoms with van der Waals surface area (Å²) in [5.74, 6) is -8.80. The Bertz CT molecular complexity index is 3130. The first-order chi connectivity index (χ1) is 46.8. The van der Waals surface area contributed by atoms with Crippen LogP contribution < -0.4 is 71.2 Å². The highest BCUT2D eigenvalue weighted by Crippen LogP contribution is 2.34. The van der Waals surface area contributed by atoms with Crippen LogP contribution in [0, 0.1) is 0 Å². The number of rotatable bonds is 29. The van der Waals surface area contributed by atoms with Gasteiger partial charge in [-0.1, -0.05) is 182 Å². The van der Waals surface area contributed by atoms with Crippen LogP contribution in [-0.4, -0.2) is 128 Å². The zero-order valence-corrected chi connectivity index (χ0v) is 55.0. The Hall–Kier alpha value is -9.12. The van der Waals surface area contributed by atoms with Gasteiger partial charge in [-0.3, -0.25) is 38.4 Å². The van der Waals surface area contributed by atoms with Crippen molar-refractivity contribution >= 4 is 47.3 Å². The van der Waals surface area contributed by atoms with Gasteiger partial charge in [-0.15, -0.1) is 0 Å². The first kappa shape index (κ1) is 74.3. The van der Waals surface area contributed by atoms with E-state index in [1.807, 2.05) is 182 Å². The van der Waals surface area contributed by atoms with Crippen molar-refractivity contribution in [3.05, 3.63) is 215 Å². The van der Waals surface area contributed by atoms with Gasteiger partial charge in [0.25, 0.3) is 0 Å². The summed E-state index contributed by atoms with van der Waals surface area (Å²) in [4.78, 5) is 125. The summed E-state index contributed by atoms with van der Waals surface area (Å²) in [6, 6.07) is 43.9. The van der Waals surface area contributed by atoms with Crippen LogP contribution in [0.25, 0.3) is 0 Å². The molecule has 0 aliphatic carbocycles. The van der Waals surface area contributed by atoms with Crippen LogP contribution in [0.4, 0.5) is 0 Å². The molecule has 21 heteroatoms. The predicted molar refractivity (Wildman–Crippen MR) is 374 cm³/mol. The summed E-state index contributed by atoms with van der Waals surface area (Å²) < 4.78 is 0. The maximum atomic E-state index is 16.6. The molecule has 0 bridgehead atoms. The topological polar surface area (TPSA) is 363 Å². The minimum Gasteiger partial charge on any atom is -0.343 e. The number of carbonyl (C=O) groups excluding carboxylic acids is 8. The molecule has 21 nitrogen and oxygen atoms in total. The van der Waals surface area contributed by atoms with Gasteiger partial charge in [-0.2, -0.15) is 0 Å². The van der Waals surface area contributed by atoms with E-state index < -0.39 is 113 Å². The minimum atomic E-state index is -1.57. The molecule has 6 aromatic rings. The molecule has 1 heterocycles. The molecule has 1 saturated heterocycles. The molecular formula is C75H99N13O8. The van der Waals surface area contributed by atoms with E-state index in [0.29, 0.717) is 104 Å². The van der Waals surface area contributed by atoms with Crippen molar-refractivity contribution in [3.63, 3.8) is 0 Å². The number of unbranched alkanes of at least 4 members (excludes halogenated alkanes) is 5. The highest BCUT2D eigenvalue weighted by atomic mass is 16.2. The fraction of sp³-hybridized carbons (Fsp3) is 0.413. The summed E-state index contributed by atoms with van der Waals surface area (Å²) in [6.45, 7) is 1.41. The van der Waals surface area contributed by atoms with E-state index in [2.05, 4.69) is 42.5 Å². The molecule has 96 heavy (non-hydrogen) atoms. The second-order valence-corrected chi connectivity index (χ2v) is 24.6. The van der Waals surface area contributed by atoms with Crippen molar-refractivity contribution in [1.82, 2.24) is 42.5 Å². The SMILES string of the molecule is NCCCC[C@@H]1NC(=O)[C@H](CCCCN)NC(=O)[C@H](CCCCN)NC(=O)[C@H](C(c2ccccc2)c2ccccc2)NC(=O)[C@H](C(c2ccccc2)c2ccccc2)NC(=O)[C@H](C(c2ccccc2)c2ccccc2)NC(=O)[C@H](CCCCN)NC(=O)[C@H](CCCCN)NC1=O. The van der Waals surface area contributed by atoms with Gasteiger partial charge in [-0.05, 0) is 162 Å². The number of benzene rings is 6. The molecule has 6 aromatic carbocycles. The largest absolute Gasteiger partial charge is 0.343 e. The van der Waals surface area contributed by atoms with E-state index in [1.54, 1.807) is 0 Å². The lowest BCUT2D eigenvalue weighted by Gasteiger charge is -2.35. The van der Waals surface area contributed by atoms with Gasteiger partial charge < -0.3 is 71.2 Å². The third-order valence-electron chi connectivity index (χ3n) is 17.6. The zero-order chi connectivity index (χ0) is 68.4. The molecule has 1 aliphatic rings. The number of hydrogen-bond acceptors (Lipinski definition) is 13. The Labute approximate surface area is 564 Å². The number of amides is 8. The summed E-state index contributed by atoms with van der Waals surface area (Å²) in [6.07, 6.45) is 4.69. The van der Waals surface area contributed by atoms with Gasteiger partial charge in [0.15, 0.2) is 0 Å². The van der Waals surface area contributed by atoms with Crippen LogP contribution in [0.1, 0.15) is 147 Å². The molecule has 7 rings (SSSR count). The van der Waals surface area contributed by atoms with Crippen molar-refractivity contribution in [2.45, 2.75) is 162 Å². The zero-order valence-electron chi connectivity index (χ0n) is 55.0. The lowest BCUT2D eigenvalue weighted by Crippen LogP contribution is -2.63. The Morgan fingerprint density at radius 2 is 0.375 bits per heavy atom. The van der Waals surface area contributed by atoms with Crippen molar-refractivity contribution in [2.24, 2.45) is 28.7 Å². The highest BCUT2D eigenvalue weighted by Gasteiger charge is 2.43. The van der Waals surface area contributed by atoms with Gasteiger partial charge in [0.05, 0.1) is 0 Å². The summed E-state index contributed by atoms with van der Waals surface area (Å²) >= 11 is 0. The number of nitrogens with two attached hydrogens (primary N) is 5. The van der Waals surface area contributed by atoms with E-state index in [9.17, 15) is 9.59 Å². The van der Waals surface area contributed by atoms with Gasteiger partial charge in [0, 0.05) is 17.8 Å². The number of carbonyl (C=O) groups is 8. The molecule has 512 valence electrons. The van der Waals surface area contributed by atoms with Gasteiger partial charge in [0.1, 0.15) is 48.3 Å². The second-order valence-electron chi connectivity index (χ2n) is 24.6. The minimum absolute atomic E-state index is 0.0550. The molecule has 0 spiro atoms. The van der Waals surface area contributed by atoms with E-state index in [-0.39, 0.29) is 58.3 Å². The molecule has 18 N–H and O–H groups in total. The number of hydrogen-bond donors (Lipinski definition) is 13.